The Labute approximate surface area is 139 Å². The van der Waals surface area contributed by atoms with E-state index in [1.54, 1.807) is 11.3 Å². The Kier molecular flexibility index (Phi) is 5.05. The Bertz CT molecular complexity index is 673. The molecule has 1 amide bonds. The van der Waals surface area contributed by atoms with E-state index >= 15 is 0 Å². The molecule has 1 fully saturated rings. The standard InChI is InChI=1S/C17H20N2O3S/c1-11-12(2)23-17(19-11)14-5-3-4-13(8-14)16(20)18-9-15-10-21-6-7-22-15/h3-5,8,15H,6-7,9-10H2,1-2H3,(H,18,20). The summed E-state index contributed by atoms with van der Waals surface area (Å²) < 4.78 is 10.9. The lowest BCUT2D eigenvalue weighted by atomic mass is 10.1. The lowest BCUT2D eigenvalue weighted by Crippen LogP contribution is -2.39. The van der Waals surface area contributed by atoms with E-state index in [9.17, 15) is 4.79 Å². The Hall–Kier alpha value is -1.76. The van der Waals surface area contributed by atoms with E-state index in [0.29, 0.717) is 31.9 Å². The van der Waals surface area contributed by atoms with E-state index in [0.717, 1.165) is 16.3 Å². The van der Waals surface area contributed by atoms with E-state index in [2.05, 4.69) is 17.2 Å². The van der Waals surface area contributed by atoms with E-state index in [1.165, 1.54) is 4.88 Å². The number of nitrogens with one attached hydrogen (secondary N) is 1. The minimum Gasteiger partial charge on any atom is -0.376 e. The maximum Gasteiger partial charge on any atom is 0.251 e. The minimum atomic E-state index is -0.106. The second kappa shape index (κ2) is 7.21. The molecule has 1 aliphatic rings. The molecule has 2 heterocycles. The summed E-state index contributed by atoms with van der Waals surface area (Å²) in [4.78, 5) is 18.1. The molecule has 6 heteroatoms. The van der Waals surface area contributed by atoms with E-state index in [1.807, 2.05) is 31.2 Å². The molecule has 0 aliphatic carbocycles. The van der Waals surface area contributed by atoms with Gasteiger partial charge in [-0.15, -0.1) is 11.3 Å². The molecular weight excluding hydrogens is 312 g/mol. The Balaban J connectivity index is 1.67. The number of nitrogens with zero attached hydrogens (tertiary/aromatic N) is 1. The van der Waals surface area contributed by atoms with Gasteiger partial charge in [0.25, 0.3) is 5.91 Å². The van der Waals surface area contributed by atoms with Crippen LogP contribution in [-0.4, -0.2) is 43.4 Å². The molecule has 1 aromatic carbocycles. The van der Waals surface area contributed by atoms with Crippen LogP contribution in [0.5, 0.6) is 0 Å². The normalized spacial score (nSPS) is 17.9. The average molecular weight is 332 g/mol. The van der Waals surface area contributed by atoms with Gasteiger partial charge in [0.2, 0.25) is 0 Å². The van der Waals surface area contributed by atoms with Crippen LogP contribution in [0.4, 0.5) is 0 Å². The molecule has 23 heavy (non-hydrogen) atoms. The molecule has 0 saturated carbocycles. The maximum absolute atomic E-state index is 12.3. The topological polar surface area (TPSA) is 60.5 Å². The quantitative estimate of drug-likeness (QED) is 0.935. The molecular formula is C17H20N2O3S. The van der Waals surface area contributed by atoms with Gasteiger partial charge < -0.3 is 14.8 Å². The Morgan fingerprint density at radius 1 is 1.39 bits per heavy atom. The number of carbonyl (C=O) groups excluding carboxylic acids is 1. The molecule has 0 bridgehead atoms. The molecule has 1 aliphatic heterocycles. The van der Waals surface area contributed by atoms with Gasteiger partial charge in [-0.1, -0.05) is 12.1 Å². The van der Waals surface area contributed by atoms with Crippen LogP contribution in [0, 0.1) is 13.8 Å². The van der Waals surface area contributed by atoms with E-state index < -0.39 is 0 Å². The number of thiazole rings is 1. The van der Waals surface area contributed by atoms with Crippen LogP contribution in [0.3, 0.4) is 0 Å². The molecule has 2 aromatic rings. The summed E-state index contributed by atoms with van der Waals surface area (Å²) in [7, 11) is 0. The summed E-state index contributed by atoms with van der Waals surface area (Å²) >= 11 is 1.64. The number of carbonyl (C=O) groups is 1. The molecule has 1 saturated heterocycles. The van der Waals surface area contributed by atoms with Crippen molar-refractivity contribution in [2.75, 3.05) is 26.4 Å². The van der Waals surface area contributed by atoms with Crippen LogP contribution in [0.2, 0.25) is 0 Å². The summed E-state index contributed by atoms with van der Waals surface area (Å²) in [5.41, 5.74) is 2.63. The summed E-state index contributed by atoms with van der Waals surface area (Å²) in [5.74, 6) is -0.106. The number of aryl methyl sites for hydroxylation is 2. The van der Waals surface area contributed by atoms with Crippen molar-refractivity contribution in [1.82, 2.24) is 10.3 Å². The predicted octanol–water partition coefficient (Wildman–Crippen LogP) is 2.57. The molecule has 122 valence electrons. The zero-order chi connectivity index (χ0) is 16.2. The number of ether oxygens (including phenoxy) is 2. The van der Waals surface area contributed by atoms with Crippen LogP contribution in [-0.2, 0) is 9.47 Å². The average Bonchev–Trinajstić information content (AvgIpc) is 2.93. The SMILES string of the molecule is Cc1nc(-c2cccc(C(=O)NCC3COCCO3)c2)sc1C. The van der Waals surface area contributed by atoms with Crippen molar-refractivity contribution in [2.24, 2.45) is 0 Å². The Morgan fingerprint density at radius 3 is 2.96 bits per heavy atom. The summed E-state index contributed by atoms with van der Waals surface area (Å²) in [6.45, 7) is 6.24. The van der Waals surface area contributed by atoms with Crippen LogP contribution in [0.15, 0.2) is 24.3 Å². The molecule has 0 radical (unpaired) electrons. The van der Waals surface area contributed by atoms with Gasteiger partial charge in [0, 0.05) is 22.5 Å². The lowest BCUT2D eigenvalue weighted by Gasteiger charge is -2.23. The van der Waals surface area contributed by atoms with Gasteiger partial charge in [0.05, 0.1) is 31.6 Å². The molecule has 1 unspecified atom stereocenters. The van der Waals surface area contributed by atoms with Gasteiger partial charge in [-0.2, -0.15) is 0 Å². The van der Waals surface area contributed by atoms with Crippen molar-refractivity contribution in [3.8, 4) is 10.6 Å². The number of amides is 1. The lowest BCUT2D eigenvalue weighted by molar-refractivity contribution is -0.0855. The third-order valence-corrected chi connectivity index (χ3v) is 4.90. The molecule has 0 spiro atoms. The fourth-order valence-corrected chi connectivity index (χ4v) is 3.26. The fraction of sp³-hybridized carbons (Fsp3) is 0.412. The maximum atomic E-state index is 12.3. The highest BCUT2D eigenvalue weighted by Gasteiger charge is 2.16. The largest absolute Gasteiger partial charge is 0.376 e. The highest BCUT2D eigenvalue weighted by atomic mass is 32.1. The predicted molar refractivity (Wildman–Crippen MR) is 89.9 cm³/mol. The van der Waals surface area contributed by atoms with Crippen molar-refractivity contribution >= 4 is 17.2 Å². The summed E-state index contributed by atoms with van der Waals surface area (Å²) in [6.07, 6.45) is -0.0693. The van der Waals surface area contributed by atoms with Crippen LogP contribution in [0.1, 0.15) is 20.9 Å². The van der Waals surface area contributed by atoms with E-state index in [-0.39, 0.29) is 12.0 Å². The second-order valence-corrected chi connectivity index (χ2v) is 6.72. The summed E-state index contributed by atoms with van der Waals surface area (Å²) in [5, 5.41) is 3.85. The Morgan fingerprint density at radius 2 is 2.26 bits per heavy atom. The fourth-order valence-electron chi connectivity index (χ4n) is 2.35. The van der Waals surface area contributed by atoms with Crippen molar-refractivity contribution < 1.29 is 14.3 Å². The number of hydrogen-bond acceptors (Lipinski definition) is 5. The van der Waals surface area contributed by atoms with Gasteiger partial charge in [-0.05, 0) is 26.0 Å². The van der Waals surface area contributed by atoms with E-state index in [4.69, 9.17) is 9.47 Å². The third-order valence-electron chi connectivity index (χ3n) is 3.78. The first-order chi connectivity index (χ1) is 11.1. The minimum absolute atomic E-state index is 0.0693. The molecule has 1 aromatic heterocycles. The molecule has 1 atom stereocenters. The van der Waals surface area contributed by atoms with Crippen LogP contribution in [0.25, 0.3) is 10.6 Å². The van der Waals surface area contributed by atoms with Crippen molar-refractivity contribution in [3.05, 3.63) is 40.4 Å². The third kappa shape index (κ3) is 3.96. The van der Waals surface area contributed by atoms with Gasteiger partial charge in [0.1, 0.15) is 5.01 Å². The zero-order valence-electron chi connectivity index (χ0n) is 13.3. The summed E-state index contributed by atoms with van der Waals surface area (Å²) in [6, 6.07) is 7.55. The first-order valence-electron chi connectivity index (χ1n) is 7.65. The number of benzene rings is 1. The van der Waals surface area contributed by atoms with Gasteiger partial charge in [-0.3, -0.25) is 4.79 Å². The molecule has 3 rings (SSSR count). The highest BCUT2D eigenvalue weighted by Crippen LogP contribution is 2.27. The number of hydrogen-bond donors (Lipinski definition) is 1. The number of aromatic nitrogens is 1. The molecule has 5 nitrogen and oxygen atoms in total. The number of rotatable bonds is 4. The first-order valence-corrected chi connectivity index (χ1v) is 8.47. The second-order valence-electron chi connectivity index (χ2n) is 5.52. The smallest absolute Gasteiger partial charge is 0.251 e. The van der Waals surface area contributed by atoms with Crippen LogP contribution >= 0.6 is 11.3 Å². The van der Waals surface area contributed by atoms with Crippen molar-refractivity contribution in [1.29, 1.82) is 0 Å². The van der Waals surface area contributed by atoms with Crippen molar-refractivity contribution in [3.63, 3.8) is 0 Å². The zero-order valence-corrected chi connectivity index (χ0v) is 14.1. The van der Waals surface area contributed by atoms with Crippen molar-refractivity contribution in [2.45, 2.75) is 20.0 Å². The molecule has 1 N–H and O–H groups in total. The highest BCUT2D eigenvalue weighted by molar-refractivity contribution is 7.15. The monoisotopic (exact) mass is 332 g/mol. The first kappa shape index (κ1) is 16.1. The van der Waals surface area contributed by atoms with Gasteiger partial charge in [-0.25, -0.2) is 4.98 Å². The van der Waals surface area contributed by atoms with Crippen LogP contribution < -0.4 is 5.32 Å². The van der Waals surface area contributed by atoms with Gasteiger partial charge in [0.15, 0.2) is 0 Å². The van der Waals surface area contributed by atoms with Gasteiger partial charge >= 0.3 is 0 Å².